The number of hydrogen-bond donors (Lipinski definition) is 1. The first kappa shape index (κ1) is 28.2. The number of carbonyl (C=O) groups excluding carboxylic acids is 1. The zero-order valence-corrected chi connectivity index (χ0v) is 25.0. The summed E-state index contributed by atoms with van der Waals surface area (Å²) in [6.07, 6.45) is 0. The molecule has 40 heavy (non-hydrogen) atoms. The highest BCUT2D eigenvalue weighted by Gasteiger charge is 2.44. The highest BCUT2D eigenvalue weighted by molar-refractivity contribution is 7.89. The number of benzene rings is 3. The number of nitrogens with one attached hydrogen (secondary N) is 1. The van der Waals surface area contributed by atoms with Crippen LogP contribution in [0, 0.1) is 6.92 Å². The predicted molar refractivity (Wildman–Crippen MR) is 159 cm³/mol. The maximum Gasteiger partial charge on any atom is 0.261 e. The highest BCUT2D eigenvalue weighted by Crippen LogP contribution is 2.48. The van der Waals surface area contributed by atoms with Gasteiger partial charge in [0.1, 0.15) is 11.8 Å². The van der Waals surface area contributed by atoms with Crippen molar-refractivity contribution in [1.82, 2.24) is 9.29 Å². The molecule has 0 spiro atoms. The quantitative estimate of drug-likeness (QED) is 0.248. The molecule has 7 nitrogen and oxygen atoms in total. The first-order chi connectivity index (χ1) is 19.0. The number of ether oxygens (including phenoxy) is 1. The number of aromatic nitrogens is 1. The number of fused-ring (bicyclic) bond motifs is 1. The molecule has 208 valence electrons. The Labute approximate surface area is 244 Å². The van der Waals surface area contributed by atoms with Crippen molar-refractivity contribution in [2.75, 3.05) is 19.1 Å². The molecule has 1 aliphatic heterocycles. The van der Waals surface area contributed by atoms with Crippen molar-refractivity contribution in [3.63, 3.8) is 0 Å². The van der Waals surface area contributed by atoms with Gasteiger partial charge in [-0.2, -0.15) is 0 Å². The summed E-state index contributed by atoms with van der Waals surface area (Å²) >= 11 is 12.6. The Balaban J connectivity index is 1.81. The van der Waals surface area contributed by atoms with Crippen LogP contribution in [0.4, 0.5) is 5.69 Å². The molecule has 10 heteroatoms. The van der Waals surface area contributed by atoms with Gasteiger partial charge in [-0.05, 0) is 87.5 Å². The Morgan fingerprint density at radius 2 is 1.60 bits per heavy atom. The monoisotopic (exact) mass is 597 g/mol. The Morgan fingerprint density at radius 1 is 0.925 bits per heavy atom. The normalized spacial score (nSPS) is 15.2. The fourth-order valence-corrected chi connectivity index (χ4v) is 6.39. The number of aryl methyl sites for hydroxylation is 1. The molecule has 1 aliphatic rings. The van der Waals surface area contributed by atoms with E-state index in [0.717, 1.165) is 16.8 Å². The molecule has 1 amide bonds. The minimum absolute atomic E-state index is 0.0870. The van der Waals surface area contributed by atoms with Crippen LogP contribution in [0.5, 0.6) is 5.75 Å². The van der Waals surface area contributed by atoms with Gasteiger partial charge in [-0.3, -0.25) is 9.69 Å². The molecule has 2 heterocycles. The smallest absolute Gasteiger partial charge is 0.261 e. The predicted octanol–water partition coefficient (Wildman–Crippen LogP) is 7.02. The van der Waals surface area contributed by atoms with Gasteiger partial charge in [0.25, 0.3) is 5.91 Å². The maximum absolute atomic E-state index is 14.3. The van der Waals surface area contributed by atoms with Gasteiger partial charge in [0.05, 0.1) is 29.0 Å². The lowest BCUT2D eigenvalue weighted by atomic mass is 10.0. The summed E-state index contributed by atoms with van der Waals surface area (Å²) in [6, 6.07) is 18.9. The fraction of sp³-hybridized carbons (Fsp3) is 0.233. The van der Waals surface area contributed by atoms with Crippen molar-refractivity contribution in [3.05, 3.63) is 99.2 Å². The lowest BCUT2D eigenvalue weighted by molar-refractivity contribution is 0.0993. The maximum atomic E-state index is 14.3. The van der Waals surface area contributed by atoms with E-state index in [1.807, 2.05) is 45.0 Å². The summed E-state index contributed by atoms with van der Waals surface area (Å²) in [5.74, 6) is 0.310. The van der Waals surface area contributed by atoms with E-state index < -0.39 is 16.1 Å². The second kappa shape index (κ2) is 10.6. The lowest BCUT2D eigenvalue weighted by Crippen LogP contribution is -2.30. The van der Waals surface area contributed by atoms with Crippen LogP contribution in [0.2, 0.25) is 10.0 Å². The molecule has 4 aromatic rings. The van der Waals surface area contributed by atoms with Crippen LogP contribution in [0.3, 0.4) is 0 Å². The van der Waals surface area contributed by atoms with Crippen LogP contribution in [-0.2, 0) is 10.0 Å². The Hall–Kier alpha value is -3.30. The van der Waals surface area contributed by atoms with E-state index in [9.17, 15) is 13.2 Å². The van der Waals surface area contributed by atoms with Gasteiger partial charge in [-0.25, -0.2) is 13.1 Å². The largest absolute Gasteiger partial charge is 0.496 e. The molecular weight excluding hydrogens is 569 g/mol. The number of hydrogen-bond acceptors (Lipinski definition) is 4. The van der Waals surface area contributed by atoms with Crippen LogP contribution in [-0.4, -0.2) is 33.0 Å². The number of nitrogens with zero attached hydrogens (tertiary/aromatic N) is 2. The number of halogens is 2. The summed E-state index contributed by atoms with van der Waals surface area (Å²) < 4.78 is 35.5. The highest BCUT2D eigenvalue weighted by atomic mass is 35.5. The molecule has 0 aliphatic carbocycles. The van der Waals surface area contributed by atoms with Crippen molar-refractivity contribution in [2.24, 2.45) is 0 Å². The molecule has 1 N–H and O–H groups in total. The Bertz CT molecular complexity index is 1730. The van der Waals surface area contributed by atoms with Crippen molar-refractivity contribution in [2.45, 2.75) is 37.8 Å². The SMILES string of the molecule is CNS(=O)(=O)c1ccc(OC)c(-c2cc3c(n2C(C)C)C(c2ccc(Cl)cc2)N(c2cc(Cl)ccc2C)C3=O)c1. The van der Waals surface area contributed by atoms with E-state index >= 15 is 0 Å². The van der Waals surface area contributed by atoms with Crippen LogP contribution in [0.15, 0.2) is 71.6 Å². The van der Waals surface area contributed by atoms with Crippen molar-refractivity contribution < 1.29 is 17.9 Å². The van der Waals surface area contributed by atoms with Gasteiger partial charge in [0.2, 0.25) is 10.0 Å². The van der Waals surface area contributed by atoms with E-state index in [1.54, 1.807) is 41.3 Å². The van der Waals surface area contributed by atoms with Gasteiger partial charge in [0, 0.05) is 27.3 Å². The molecule has 1 atom stereocenters. The zero-order valence-electron chi connectivity index (χ0n) is 22.7. The van der Waals surface area contributed by atoms with Crippen molar-refractivity contribution in [1.29, 1.82) is 0 Å². The number of carbonyl (C=O) groups is 1. The number of sulfonamides is 1. The molecule has 0 radical (unpaired) electrons. The van der Waals surface area contributed by atoms with Crippen LogP contribution >= 0.6 is 23.2 Å². The lowest BCUT2D eigenvalue weighted by Gasteiger charge is -2.30. The molecule has 3 aromatic carbocycles. The van der Waals surface area contributed by atoms with Gasteiger partial charge in [0.15, 0.2) is 0 Å². The van der Waals surface area contributed by atoms with E-state index in [1.165, 1.54) is 20.2 Å². The van der Waals surface area contributed by atoms with Crippen molar-refractivity contribution >= 4 is 44.8 Å². The Morgan fingerprint density at radius 3 is 2.23 bits per heavy atom. The third-order valence-corrected chi connectivity index (χ3v) is 9.10. The summed E-state index contributed by atoms with van der Waals surface area (Å²) in [6.45, 7) is 6.00. The molecule has 0 saturated heterocycles. The van der Waals surface area contributed by atoms with E-state index in [4.69, 9.17) is 27.9 Å². The van der Waals surface area contributed by atoms with E-state index in [0.29, 0.717) is 38.3 Å². The minimum atomic E-state index is -3.72. The summed E-state index contributed by atoms with van der Waals surface area (Å²) in [7, 11) is -0.817. The number of anilines is 1. The van der Waals surface area contributed by atoms with Crippen molar-refractivity contribution in [3.8, 4) is 17.0 Å². The molecule has 0 fully saturated rings. The van der Waals surface area contributed by atoms with Crippen LogP contribution in [0.25, 0.3) is 11.3 Å². The second-order valence-electron chi connectivity index (χ2n) is 9.92. The van der Waals surface area contributed by atoms with Gasteiger partial charge in [-0.1, -0.05) is 41.4 Å². The third-order valence-electron chi connectivity index (χ3n) is 7.20. The molecule has 1 aromatic heterocycles. The fourth-order valence-electron chi connectivity index (χ4n) is 5.34. The van der Waals surface area contributed by atoms with Gasteiger partial charge >= 0.3 is 0 Å². The summed E-state index contributed by atoms with van der Waals surface area (Å²) in [4.78, 5) is 16.1. The number of methoxy groups -OCH3 is 1. The molecular formula is C30H29Cl2N3O4S. The molecule has 1 unspecified atom stereocenters. The van der Waals surface area contributed by atoms with Gasteiger partial charge in [-0.15, -0.1) is 0 Å². The second-order valence-corrected chi connectivity index (χ2v) is 12.7. The average Bonchev–Trinajstić information content (AvgIpc) is 3.45. The Kier molecular flexibility index (Phi) is 7.48. The van der Waals surface area contributed by atoms with E-state index in [2.05, 4.69) is 9.29 Å². The van der Waals surface area contributed by atoms with E-state index in [-0.39, 0.29) is 16.8 Å². The standard InChI is InChI=1S/C30H29Cl2N3O4S/c1-17(2)34-26(23-15-22(40(37,38)33-4)12-13-27(23)39-5)16-24-29(34)28(19-7-10-20(31)11-8-19)35(30(24)36)25-14-21(32)9-6-18(25)3/h6-17,28,33H,1-5H3. The number of amides is 1. The molecule has 5 rings (SSSR count). The number of rotatable bonds is 7. The first-order valence-electron chi connectivity index (χ1n) is 12.7. The topological polar surface area (TPSA) is 80.6 Å². The van der Waals surface area contributed by atoms with Crippen LogP contribution in [0.1, 0.15) is 53.1 Å². The summed E-state index contributed by atoms with van der Waals surface area (Å²) in [5, 5.41) is 1.12. The molecule has 0 saturated carbocycles. The minimum Gasteiger partial charge on any atom is -0.496 e. The van der Waals surface area contributed by atoms with Gasteiger partial charge < -0.3 is 9.30 Å². The summed E-state index contributed by atoms with van der Waals surface area (Å²) in [5.41, 5.74) is 5.05. The average molecular weight is 599 g/mol. The third kappa shape index (κ3) is 4.69. The zero-order chi connectivity index (χ0) is 28.9. The molecule has 0 bridgehead atoms. The van der Waals surface area contributed by atoms with Crippen LogP contribution < -0.4 is 14.4 Å². The first-order valence-corrected chi connectivity index (χ1v) is 14.9.